The van der Waals surface area contributed by atoms with Gasteiger partial charge in [0.1, 0.15) is 66.9 Å². The van der Waals surface area contributed by atoms with Crippen molar-refractivity contribution in [2.45, 2.75) is 166 Å². The van der Waals surface area contributed by atoms with Crippen LogP contribution in [0.4, 0.5) is 4.79 Å². The Morgan fingerprint density at radius 2 is 1.24 bits per heavy atom. The van der Waals surface area contributed by atoms with Crippen LogP contribution in [0.1, 0.15) is 92.2 Å². The van der Waals surface area contributed by atoms with E-state index in [1.165, 1.54) is 16.7 Å². The highest BCUT2D eigenvalue weighted by atomic mass is 32.2. The summed E-state index contributed by atoms with van der Waals surface area (Å²) in [5.74, 6) is -5.73. The second-order valence-electron chi connectivity index (χ2n) is 21.4. The van der Waals surface area contributed by atoms with E-state index in [4.69, 9.17) is 37.9 Å². The average Bonchev–Trinajstić information content (AvgIpc) is 3.77. The molecule has 24 nitrogen and oxygen atoms in total. The van der Waals surface area contributed by atoms with E-state index in [0.717, 1.165) is 50.6 Å². The van der Waals surface area contributed by atoms with Gasteiger partial charge in [0.05, 0.1) is 19.3 Å². The summed E-state index contributed by atoms with van der Waals surface area (Å²) in [7, 11) is 0. The minimum Gasteiger partial charge on any atom is -0.491 e. The molecule has 0 aliphatic carbocycles. The van der Waals surface area contributed by atoms with Crippen molar-refractivity contribution in [3.8, 4) is 5.75 Å². The lowest BCUT2D eigenvalue weighted by atomic mass is 9.95. The lowest BCUT2D eigenvalue weighted by Crippen LogP contribution is -2.68. The predicted molar refractivity (Wildman–Crippen MR) is 302 cm³/mol. The van der Waals surface area contributed by atoms with Gasteiger partial charge in [-0.2, -0.15) is 0 Å². The van der Waals surface area contributed by atoms with Gasteiger partial charge in [0.25, 0.3) is 0 Å². The van der Waals surface area contributed by atoms with Crippen LogP contribution in [0.5, 0.6) is 5.75 Å². The smallest absolute Gasteiger partial charge is 0.408 e. The van der Waals surface area contributed by atoms with Crippen molar-refractivity contribution >= 4 is 70.4 Å². The molecule has 3 heterocycles. The summed E-state index contributed by atoms with van der Waals surface area (Å²) in [5.41, 5.74) is 0.702. The number of carbonyl (C=O) groups excluding carboxylic acids is 10. The molecule has 6 amide bonds. The quantitative estimate of drug-likeness (QED) is 0.0695. The maximum absolute atomic E-state index is 15.3. The molecule has 3 saturated heterocycles. The van der Waals surface area contributed by atoms with Gasteiger partial charge in [-0.1, -0.05) is 90.6 Å². The first-order valence-electron chi connectivity index (χ1n) is 27.7. The van der Waals surface area contributed by atoms with E-state index < -0.39 is 139 Å². The predicted octanol–water partition coefficient (Wildman–Crippen LogP) is 3.65. The number of alkyl carbamates (subject to hydrolysis) is 1. The maximum atomic E-state index is 15.3. The Labute approximate surface area is 492 Å². The first kappa shape index (κ1) is 65.5. The minimum atomic E-state index is -1.82. The molecule has 456 valence electrons. The number of likely N-dealkylation sites (tertiary alicyclic amines) is 2. The SMILES string of the molecule is CC(=O)N[C@H]1C(O[C@H](C)[C@H](NC(=O)[C@@H]2CCCN2C(=O)[C@H](COc2ccccc2)NC(=O)OC(C)(C)C)C(=O)N[C@@H](COCc2ccccc2)C(=O)N2CCC[C@H]2C(=O)SCc2ccccc2)O[C@H](COC(C)=O)[C@@H](OC(C)=O)[C@@H]1OC(C)=O. The van der Waals surface area contributed by atoms with E-state index in [0.29, 0.717) is 30.8 Å². The third-order valence-electron chi connectivity index (χ3n) is 13.5. The first-order chi connectivity index (χ1) is 40.0. The average molecular weight is 1190 g/mol. The van der Waals surface area contributed by atoms with E-state index in [-0.39, 0.29) is 37.8 Å². The summed E-state index contributed by atoms with van der Waals surface area (Å²) in [5, 5.41) is 10.4. The van der Waals surface area contributed by atoms with Crippen molar-refractivity contribution in [3.63, 3.8) is 0 Å². The van der Waals surface area contributed by atoms with Crippen molar-refractivity contribution in [3.05, 3.63) is 102 Å². The standard InChI is InChI=1S/C59H76N6O18S/c1-35(79-57-49(60-36(2)66)51(81-39(5)69)50(80-38(4)68)47(82-57)33-77-37(3)67)48(63-52(70)45-26-18-28-64(45)55(73)44(62-58(75)83-59(6,7)8)32-78-42-24-16-11-17-25-42)53(71)61-43(31-76-30-40-20-12-9-13-21-40)54(72)65-29-19-27-46(65)56(74)84-34-41-22-14-10-15-23-41/h9-17,20-25,35,43-51,57H,18-19,26-34H2,1-8H3,(H,60,66)(H,61,71)(H,62,75)(H,63,70)/t35-,43+,44+,45+,46+,47-,48+,49-,50-,51-,57?/m1/s1. The molecule has 0 saturated carbocycles. The molecule has 3 aliphatic heterocycles. The fourth-order valence-electron chi connectivity index (χ4n) is 9.77. The monoisotopic (exact) mass is 1190 g/mol. The van der Waals surface area contributed by atoms with Crippen LogP contribution in [-0.4, -0.2) is 174 Å². The Hall–Kier alpha value is -7.61. The third kappa shape index (κ3) is 19.8. The van der Waals surface area contributed by atoms with Crippen molar-refractivity contribution < 1.29 is 85.8 Å². The van der Waals surface area contributed by atoms with E-state index in [1.54, 1.807) is 75.4 Å². The summed E-state index contributed by atoms with van der Waals surface area (Å²) >= 11 is 1.07. The molecule has 6 rings (SSSR count). The highest BCUT2D eigenvalue weighted by Crippen LogP contribution is 2.31. The summed E-state index contributed by atoms with van der Waals surface area (Å²) in [6, 6.07) is 18.6. The number of rotatable bonds is 25. The number of hydrogen-bond donors (Lipinski definition) is 4. The van der Waals surface area contributed by atoms with Gasteiger partial charge < -0.3 is 69.0 Å². The zero-order valence-electron chi connectivity index (χ0n) is 48.4. The topological polar surface area (TPSA) is 299 Å². The third-order valence-corrected chi connectivity index (χ3v) is 14.5. The Morgan fingerprint density at radius 1 is 0.679 bits per heavy atom. The van der Waals surface area contributed by atoms with Gasteiger partial charge in [-0.05, 0) is 76.6 Å². The summed E-state index contributed by atoms with van der Waals surface area (Å²) < 4.78 is 46.8. The van der Waals surface area contributed by atoms with Crippen molar-refractivity contribution in [2.24, 2.45) is 0 Å². The van der Waals surface area contributed by atoms with Crippen molar-refractivity contribution in [1.82, 2.24) is 31.1 Å². The van der Waals surface area contributed by atoms with E-state index in [9.17, 15) is 43.2 Å². The molecule has 3 aromatic rings. The van der Waals surface area contributed by atoms with E-state index >= 15 is 4.79 Å². The molecular formula is C59H76N6O18S. The number of nitrogens with zero attached hydrogens (tertiary/aromatic N) is 2. The molecule has 4 N–H and O–H groups in total. The van der Waals surface area contributed by atoms with Gasteiger partial charge in [-0.3, -0.25) is 43.2 Å². The summed E-state index contributed by atoms with van der Waals surface area (Å²) in [6.07, 6.45) is -7.50. The summed E-state index contributed by atoms with van der Waals surface area (Å²) in [6.45, 7) is 9.54. The molecule has 0 radical (unpaired) electrons. The molecule has 3 aliphatic rings. The largest absolute Gasteiger partial charge is 0.491 e. The number of hydrogen-bond acceptors (Lipinski definition) is 19. The molecule has 0 spiro atoms. The number of nitrogens with one attached hydrogen (secondary N) is 4. The van der Waals surface area contributed by atoms with Crippen LogP contribution in [0.25, 0.3) is 0 Å². The maximum Gasteiger partial charge on any atom is 0.408 e. The van der Waals surface area contributed by atoms with Gasteiger partial charge in [-0.15, -0.1) is 0 Å². The number of amides is 6. The number of benzene rings is 3. The molecule has 1 unspecified atom stereocenters. The zero-order valence-corrected chi connectivity index (χ0v) is 49.3. The Morgan fingerprint density at radius 3 is 1.82 bits per heavy atom. The van der Waals surface area contributed by atoms with Crippen LogP contribution in [0.2, 0.25) is 0 Å². The lowest BCUT2D eigenvalue weighted by Gasteiger charge is -2.46. The molecule has 3 fully saturated rings. The van der Waals surface area contributed by atoms with Gasteiger partial charge in [0, 0.05) is 46.5 Å². The Bertz CT molecular complexity index is 2760. The number of carbonyl (C=O) groups is 10. The molecule has 84 heavy (non-hydrogen) atoms. The van der Waals surface area contributed by atoms with Crippen molar-refractivity contribution in [1.29, 1.82) is 0 Å². The van der Waals surface area contributed by atoms with Gasteiger partial charge in [0.15, 0.2) is 18.5 Å². The number of ether oxygens (including phenoxy) is 8. The number of thioether (sulfide) groups is 1. The number of para-hydroxylation sites is 1. The van der Waals surface area contributed by atoms with Crippen LogP contribution in [0.15, 0.2) is 91.0 Å². The molecule has 0 bridgehead atoms. The van der Waals surface area contributed by atoms with E-state index in [2.05, 4.69) is 21.3 Å². The molecular weight excluding hydrogens is 1110 g/mol. The van der Waals surface area contributed by atoms with Crippen LogP contribution >= 0.6 is 11.8 Å². The van der Waals surface area contributed by atoms with E-state index in [1.807, 2.05) is 36.4 Å². The molecule has 25 heteroatoms. The second kappa shape index (κ2) is 31.3. The van der Waals surface area contributed by atoms with Gasteiger partial charge in [-0.25, -0.2) is 4.79 Å². The summed E-state index contributed by atoms with van der Waals surface area (Å²) in [4.78, 5) is 140. The normalized spacial score (nSPS) is 21.7. The van der Waals surface area contributed by atoms with Gasteiger partial charge in [0.2, 0.25) is 34.7 Å². The van der Waals surface area contributed by atoms with Crippen molar-refractivity contribution in [2.75, 3.05) is 32.9 Å². The van der Waals surface area contributed by atoms with Crippen LogP contribution in [0.3, 0.4) is 0 Å². The fraction of sp³-hybridized carbons (Fsp3) is 0.525. The molecule has 3 aromatic carbocycles. The first-order valence-corrected chi connectivity index (χ1v) is 28.7. The number of esters is 3. The Kier molecular flexibility index (Phi) is 24.4. The zero-order chi connectivity index (χ0) is 61.1. The van der Waals surface area contributed by atoms with Crippen LogP contribution in [0, 0.1) is 0 Å². The highest BCUT2D eigenvalue weighted by Gasteiger charge is 2.53. The minimum absolute atomic E-state index is 0.0110. The second-order valence-corrected chi connectivity index (χ2v) is 22.4. The van der Waals surface area contributed by atoms with Gasteiger partial charge >= 0.3 is 24.0 Å². The lowest BCUT2D eigenvalue weighted by molar-refractivity contribution is -0.287. The van der Waals surface area contributed by atoms with Crippen LogP contribution in [-0.2, 0) is 88.7 Å². The molecule has 0 aromatic heterocycles. The Balaban J connectivity index is 1.36. The highest BCUT2D eigenvalue weighted by molar-refractivity contribution is 8.13. The fourth-order valence-corrected chi connectivity index (χ4v) is 10.7. The van der Waals surface area contributed by atoms with Crippen LogP contribution < -0.4 is 26.0 Å². The molecule has 11 atom stereocenters.